The molecule has 1 aromatic heterocycles. The SMILES string of the molecule is Cc1ccc2nc(SCC(=O)N3CCOC4CCCCC43)[nH]c2c1. The zero-order valence-electron chi connectivity index (χ0n) is 14.0. The molecule has 5 nitrogen and oxygen atoms in total. The van der Waals surface area contributed by atoms with E-state index < -0.39 is 0 Å². The van der Waals surface area contributed by atoms with E-state index >= 15 is 0 Å². The molecule has 128 valence electrons. The molecule has 2 fully saturated rings. The lowest BCUT2D eigenvalue weighted by Crippen LogP contribution is -2.55. The first-order valence-corrected chi connectivity index (χ1v) is 9.69. The maximum atomic E-state index is 12.7. The van der Waals surface area contributed by atoms with E-state index in [0.717, 1.165) is 35.6 Å². The molecule has 6 heteroatoms. The lowest BCUT2D eigenvalue weighted by atomic mass is 9.90. The number of nitrogens with one attached hydrogen (secondary N) is 1. The standard InChI is InChI=1S/C18H23N3O2S/c1-12-6-7-13-14(10-12)20-18(19-13)24-11-17(22)21-8-9-23-16-5-3-2-4-15(16)21/h6-7,10,15-16H,2-5,8-9,11H2,1H3,(H,19,20). The fourth-order valence-corrected chi connectivity index (χ4v) is 4.56. The second-order valence-corrected chi connectivity index (χ2v) is 7.66. The van der Waals surface area contributed by atoms with E-state index in [-0.39, 0.29) is 18.1 Å². The number of imidazole rings is 1. The second-order valence-electron chi connectivity index (χ2n) is 6.70. The number of carbonyl (C=O) groups excluding carboxylic acids is 1. The average molecular weight is 345 g/mol. The van der Waals surface area contributed by atoms with E-state index in [4.69, 9.17) is 4.74 Å². The normalized spacial score (nSPS) is 24.1. The molecule has 0 spiro atoms. The van der Waals surface area contributed by atoms with Crippen LogP contribution in [0.4, 0.5) is 0 Å². The smallest absolute Gasteiger partial charge is 0.233 e. The topological polar surface area (TPSA) is 58.2 Å². The van der Waals surface area contributed by atoms with Gasteiger partial charge in [-0.2, -0.15) is 0 Å². The summed E-state index contributed by atoms with van der Waals surface area (Å²) in [5, 5.41) is 0.817. The van der Waals surface area contributed by atoms with Crippen molar-refractivity contribution in [1.29, 1.82) is 0 Å². The van der Waals surface area contributed by atoms with Crippen molar-refractivity contribution in [2.45, 2.75) is 49.9 Å². The third-order valence-corrected chi connectivity index (χ3v) is 5.86. The second kappa shape index (κ2) is 6.76. The van der Waals surface area contributed by atoms with Crippen LogP contribution >= 0.6 is 11.8 Å². The number of carbonyl (C=O) groups is 1. The highest BCUT2D eigenvalue weighted by molar-refractivity contribution is 7.99. The highest BCUT2D eigenvalue weighted by Crippen LogP contribution is 2.29. The minimum atomic E-state index is 0.205. The maximum Gasteiger partial charge on any atom is 0.233 e. The van der Waals surface area contributed by atoms with Crippen LogP contribution in [-0.2, 0) is 9.53 Å². The fourth-order valence-electron chi connectivity index (χ4n) is 3.79. The molecule has 1 saturated carbocycles. The number of hydrogen-bond donors (Lipinski definition) is 1. The first kappa shape index (κ1) is 16.0. The number of aromatic amines is 1. The third kappa shape index (κ3) is 3.17. The largest absolute Gasteiger partial charge is 0.374 e. The van der Waals surface area contributed by atoms with Gasteiger partial charge in [-0.1, -0.05) is 30.7 Å². The number of aryl methyl sites for hydroxylation is 1. The van der Waals surface area contributed by atoms with Crippen LogP contribution in [0.2, 0.25) is 0 Å². The van der Waals surface area contributed by atoms with E-state index in [1.165, 1.54) is 30.2 Å². The number of rotatable bonds is 3. The van der Waals surface area contributed by atoms with E-state index in [1.807, 2.05) is 11.0 Å². The molecule has 2 atom stereocenters. The number of thioether (sulfide) groups is 1. The van der Waals surface area contributed by atoms with Gasteiger partial charge in [-0.3, -0.25) is 4.79 Å². The van der Waals surface area contributed by atoms with Gasteiger partial charge in [0.05, 0.1) is 35.5 Å². The van der Waals surface area contributed by atoms with Crippen LogP contribution in [0, 0.1) is 6.92 Å². The summed E-state index contributed by atoms with van der Waals surface area (Å²) in [5.41, 5.74) is 3.19. The van der Waals surface area contributed by atoms with Crippen LogP contribution in [0.15, 0.2) is 23.4 Å². The van der Waals surface area contributed by atoms with E-state index in [0.29, 0.717) is 12.4 Å². The summed E-state index contributed by atoms with van der Waals surface area (Å²) in [4.78, 5) is 22.6. The van der Waals surface area contributed by atoms with Crippen molar-refractivity contribution in [3.63, 3.8) is 0 Å². The predicted octanol–water partition coefficient (Wildman–Crippen LogP) is 3.13. The number of nitrogens with zero attached hydrogens (tertiary/aromatic N) is 2. The predicted molar refractivity (Wildman–Crippen MR) is 95.3 cm³/mol. The Morgan fingerprint density at radius 2 is 2.29 bits per heavy atom. The van der Waals surface area contributed by atoms with Gasteiger partial charge in [0.15, 0.2) is 5.16 Å². The highest BCUT2D eigenvalue weighted by atomic mass is 32.2. The average Bonchev–Trinajstić information content (AvgIpc) is 3.01. The lowest BCUT2D eigenvalue weighted by Gasteiger charge is -2.43. The molecule has 1 aliphatic carbocycles. The Hall–Kier alpha value is -1.53. The Morgan fingerprint density at radius 3 is 3.21 bits per heavy atom. The first-order valence-electron chi connectivity index (χ1n) is 8.71. The van der Waals surface area contributed by atoms with Crippen molar-refractivity contribution in [3.8, 4) is 0 Å². The molecule has 2 aliphatic rings. The number of morpholine rings is 1. The summed E-state index contributed by atoms with van der Waals surface area (Å²) in [6, 6.07) is 6.43. The van der Waals surface area contributed by atoms with Crippen LogP contribution in [0.3, 0.4) is 0 Å². The molecule has 2 unspecified atom stereocenters. The molecular formula is C18H23N3O2S. The summed E-state index contributed by atoms with van der Waals surface area (Å²) in [6.45, 7) is 3.46. The number of amides is 1. The number of H-pyrrole nitrogens is 1. The molecule has 0 radical (unpaired) electrons. The molecule has 4 rings (SSSR count). The number of aromatic nitrogens is 2. The Labute approximate surface area is 146 Å². The van der Waals surface area contributed by atoms with Crippen molar-refractivity contribution in [3.05, 3.63) is 23.8 Å². The van der Waals surface area contributed by atoms with Gasteiger partial charge >= 0.3 is 0 Å². The Balaban J connectivity index is 1.41. The molecule has 24 heavy (non-hydrogen) atoms. The Bertz CT molecular complexity index is 743. The molecule has 1 N–H and O–H groups in total. The quantitative estimate of drug-likeness (QED) is 0.868. The molecule has 1 saturated heterocycles. The minimum Gasteiger partial charge on any atom is -0.374 e. The molecule has 2 aromatic rings. The zero-order chi connectivity index (χ0) is 16.5. The van der Waals surface area contributed by atoms with Crippen molar-refractivity contribution in [2.24, 2.45) is 0 Å². The Kier molecular flexibility index (Phi) is 4.50. The van der Waals surface area contributed by atoms with Gasteiger partial charge in [0, 0.05) is 6.54 Å². The van der Waals surface area contributed by atoms with E-state index in [1.54, 1.807) is 0 Å². The number of hydrogen-bond acceptors (Lipinski definition) is 4. The summed E-state index contributed by atoms with van der Waals surface area (Å²) in [5.74, 6) is 0.638. The number of ether oxygens (including phenoxy) is 1. The third-order valence-electron chi connectivity index (χ3n) is 5.00. The minimum absolute atomic E-state index is 0.205. The Morgan fingerprint density at radius 1 is 1.42 bits per heavy atom. The summed E-state index contributed by atoms with van der Waals surface area (Å²) >= 11 is 1.49. The van der Waals surface area contributed by atoms with Gasteiger partial charge < -0.3 is 14.6 Å². The van der Waals surface area contributed by atoms with Gasteiger partial charge in [0.25, 0.3) is 0 Å². The highest BCUT2D eigenvalue weighted by Gasteiger charge is 2.36. The number of benzene rings is 1. The summed E-state index contributed by atoms with van der Waals surface area (Å²) in [7, 11) is 0. The van der Waals surface area contributed by atoms with Gasteiger partial charge in [-0.15, -0.1) is 0 Å². The van der Waals surface area contributed by atoms with E-state index in [2.05, 4.69) is 29.0 Å². The fraction of sp³-hybridized carbons (Fsp3) is 0.556. The van der Waals surface area contributed by atoms with Crippen molar-refractivity contribution >= 4 is 28.7 Å². The van der Waals surface area contributed by atoms with Gasteiger partial charge in [-0.25, -0.2) is 4.98 Å². The molecule has 0 bridgehead atoms. The lowest BCUT2D eigenvalue weighted by molar-refractivity contribution is -0.146. The van der Waals surface area contributed by atoms with Gasteiger partial charge in [0.1, 0.15) is 0 Å². The number of fused-ring (bicyclic) bond motifs is 2. The van der Waals surface area contributed by atoms with Crippen LogP contribution < -0.4 is 0 Å². The molecule has 2 heterocycles. The monoisotopic (exact) mass is 345 g/mol. The van der Waals surface area contributed by atoms with Crippen molar-refractivity contribution in [1.82, 2.24) is 14.9 Å². The van der Waals surface area contributed by atoms with Crippen LogP contribution in [0.25, 0.3) is 11.0 Å². The van der Waals surface area contributed by atoms with Gasteiger partial charge in [0.2, 0.25) is 5.91 Å². The molecule has 1 aliphatic heterocycles. The van der Waals surface area contributed by atoms with E-state index in [9.17, 15) is 4.79 Å². The summed E-state index contributed by atoms with van der Waals surface area (Å²) in [6.07, 6.45) is 4.83. The molecule has 1 aromatic carbocycles. The summed E-state index contributed by atoms with van der Waals surface area (Å²) < 4.78 is 5.86. The van der Waals surface area contributed by atoms with Crippen LogP contribution in [-0.4, -0.2) is 51.8 Å². The van der Waals surface area contributed by atoms with Gasteiger partial charge in [-0.05, 0) is 37.5 Å². The maximum absolute atomic E-state index is 12.7. The van der Waals surface area contributed by atoms with Crippen molar-refractivity contribution in [2.75, 3.05) is 18.9 Å². The first-order chi connectivity index (χ1) is 11.7. The molecular weight excluding hydrogens is 322 g/mol. The van der Waals surface area contributed by atoms with Crippen LogP contribution in [0.5, 0.6) is 0 Å². The molecule has 1 amide bonds. The van der Waals surface area contributed by atoms with Crippen molar-refractivity contribution < 1.29 is 9.53 Å². The van der Waals surface area contributed by atoms with Crippen LogP contribution in [0.1, 0.15) is 31.2 Å². The zero-order valence-corrected chi connectivity index (χ0v) is 14.8.